The number of rotatable bonds is 3. The number of aromatic nitrogens is 2. The van der Waals surface area contributed by atoms with Gasteiger partial charge in [0.05, 0.1) is 17.3 Å². The molecule has 8 heteroatoms. The van der Waals surface area contributed by atoms with Crippen LogP contribution in [0.2, 0.25) is 0 Å². The first-order valence-electron chi connectivity index (χ1n) is 5.15. The zero-order valence-corrected chi connectivity index (χ0v) is 12.2. The number of sulfonamides is 1. The number of nitrogens with one attached hydrogen (secondary N) is 1. The number of benzene rings is 1. The summed E-state index contributed by atoms with van der Waals surface area (Å²) in [6.07, 6.45) is 2.62. The zero-order chi connectivity index (χ0) is 14.0. The summed E-state index contributed by atoms with van der Waals surface area (Å²) >= 11 is 3.09. The van der Waals surface area contributed by atoms with Crippen molar-refractivity contribution in [1.29, 1.82) is 0 Å². The Hall–Kier alpha value is -1.54. The first-order chi connectivity index (χ1) is 8.88. The molecule has 100 valence electrons. The van der Waals surface area contributed by atoms with Crippen LogP contribution in [0.15, 0.2) is 40.1 Å². The Labute approximate surface area is 118 Å². The van der Waals surface area contributed by atoms with E-state index in [0.29, 0.717) is 10.2 Å². The lowest BCUT2D eigenvalue weighted by Crippen LogP contribution is -2.15. The van der Waals surface area contributed by atoms with E-state index in [-0.39, 0.29) is 10.7 Å². The van der Waals surface area contributed by atoms with Crippen molar-refractivity contribution >= 4 is 31.8 Å². The topological polar surface area (TPSA) is 72.0 Å². The largest absolute Gasteiger partial charge is 0.263 e. The fourth-order valence-electron chi connectivity index (χ4n) is 1.42. The maximum atomic E-state index is 13.1. The van der Waals surface area contributed by atoms with Gasteiger partial charge in [-0.25, -0.2) is 22.8 Å². The van der Waals surface area contributed by atoms with Crippen LogP contribution in [0, 0.1) is 12.7 Å². The van der Waals surface area contributed by atoms with Gasteiger partial charge in [0.1, 0.15) is 10.4 Å². The van der Waals surface area contributed by atoms with E-state index in [1.165, 1.54) is 24.5 Å². The summed E-state index contributed by atoms with van der Waals surface area (Å²) in [5.74, 6) is -0.556. The molecule has 0 spiro atoms. The van der Waals surface area contributed by atoms with Crippen molar-refractivity contribution in [3.05, 3.63) is 46.6 Å². The van der Waals surface area contributed by atoms with E-state index in [4.69, 9.17) is 0 Å². The summed E-state index contributed by atoms with van der Waals surface area (Å²) in [5, 5.41) is 0. The van der Waals surface area contributed by atoms with Crippen LogP contribution >= 0.6 is 15.9 Å². The first-order valence-corrected chi connectivity index (χ1v) is 7.42. The number of hydrogen-bond donors (Lipinski definition) is 1. The summed E-state index contributed by atoms with van der Waals surface area (Å²) in [4.78, 5) is 7.57. The molecule has 19 heavy (non-hydrogen) atoms. The minimum atomic E-state index is -3.89. The van der Waals surface area contributed by atoms with E-state index in [1.54, 1.807) is 6.92 Å². The summed E-state index contributed by atoms with van der Waals surface area (Å²) in [7, 11) is -3.89. The van der Waals surface area contributed by atoms with E-state index in [2.05, 4.69) is 30.6 Å². The molecule has 0 aliphatic carbocycles. The molecule has 0 amide bonds. The van der Waals surface area contributed by atoms with Gasteiger partial charge in [0, 0.05) is 0 Å². The Balaban J connectivity index is 2.37. The van der Waals surface area contributed by atoms with Crippen LogP contribution in [0.5, 0.6) is 0 Å². The molecule has 0 bridgehead atoms. The molecule has 0 saturated carbocycles. The molecule has 0 atom stereocenters. The van der Waals surface area contributed by atoms with Crippen LogP contribution in [0.3, 0.4) is 0 Å². The predicted octanol–water partition coefficient (Wildman–Crippen LogP) is 2.49. The molecule has 1 N–H and O–H groups in total. The second kappa shape index (κ2) is 5.22. The zero-order valence-electron chi connectivity index (χ0n) is 9.76. The third-order valence-electron chi connectivity index (χ3n) is 2.30. The van der Waals surface area contributed by atoms with Gasteiger partial charge < -0.3 is 0 Å². The van der Waals surface area contributed by atoms with Gasteiger partial charge >= 0.3 is 0 Å². The van der Waals surface area contributed by atoms with Crippen LogP contribution in [-0.4, -0.2) is 18.4 Å². The lowest BCUT2D eigenvalue weighted by Gasteiger charge is -2.09. The van der Waals surface area contributed by atoms with Gasteiger partial charge in [0.2, 0.25) is 0 Å². The molecule has 0 radical (unpaired) electrons. The van der Waals surface area contributed by atoms with Gasteiger partial charge in [-0.1, -0.05) is 6.07 Å². The van der Waals surface area contributed by atoms with Crippen molar-refractivity contribution in [3.8, 4) is 0 Å². The predicted molar refractivity (Wildman–Crippen MR) is 71.7 cm³/mol. The van der Waals surface area contributed by atoms with Gasteiger partial charge in [-0.2, -0.15) is 0 Å². The number of halogens is 2. The fourth-order valence-corrected chi connectivity index (χ4v) is 2.88. The second-order valence-corrected chi connectivity index (χ2v) is 6.20. The van der Waals surface area contributed by atoms with Crippen LogP contribution in [0.1, 0.15) is 5.56 Å². The molecule has 2 aromatic rings. The first kappa shape index (κ1) is 13.9. The molecule has 1 aromatic heterocycles. The molecule has 0 aliphatic heterocycles. The summed E-state index contributed by atoms with van der Waals surface area (Å²) in [5.41, 5.74) is 0.443. The molecule has 0 unspecified atom stereocenters. The number of hydrogen-bond acceptors (Lipinski definition) is 4. The maximum Gasteiger partial charge on any atom is 0.263 e. The van der Waals surface area contributed by atoms with Gasteiger partial charge in [0.15, 0.2) is 5.82 Å². The monoisotopic (exact) mass is 345 g/mol. The minimum absolute atomic E-state index is 0.0619. The van der Waals surface area contributed by atoms with Crippen LogP contribution in [0.4, 0.5) is 10.2 Å². The molecule has 0 aliphatic rings. The Morgan fingerprint density at radius 3 is 2.63 bits per heavy atom. The fraction of sp³-hybridized carbons (Fsp3) is 0.0909. The lowest BCUT2D eigenvalue weighted by atomic mass is 10.2. The molecule has 5 nitrogen and oxygen atoms in total. The normalized spacial score (nSPS) is 11.3. The quantitative estimate of drug-likeness (QED) is 0.927. The summed E-state index contributed by atoms with van der Waals surface area (Å²) < 4.78 is 40.1. The second-order valence-electron chi connectivity index (χ2n) is 3.74. The van der Waals surface area contributed by atoms with Crippen molar-refractivity contribution < 1.29 is 12.8 Å². The third-order valence-corrected chi connectivity index (χ3v) is 4.21. The molecular formula is C11H9BrFN3O2S. The third kappa shape index (κ3) is 3.27. The van der Waals surface area contributed by atoms with Gasteiger partial charge in [-0.3, -0.25) is 4.72 Å². The van der Waals surface area contributed by atoms with Crippen molar-refractivity contribution in [3.63, 3.8) is 0 Å². The molecule has 1 heterocycles. The van der Waals surface area contributed by atoms with E-state index in [0.717, 1.165) is 6.07 Å². The molecule has 1 aromatic carbocycles. The average Bonchev–Trinajstić information content (AvgIpc) is 2.35. The molecule has 0 fully saturated rings. The van der Waals surface area contributed by atoms with Gasteiger partial charge in [-0.15, -0.1) is 0 Å². The van der Waals surface area contributed by atoms with Crippen molar-refractivity contribution in [2.75, 3.05) is 4.72 Å². The Kier molecular flexibility index (Phi) is 3.81. The molecule has 2 rings (SSSR count). The van der Waals surface area contributed by atoms with Crippen molar-refractivity contribution in [1.82, 2.24) is 9.97 Å². The Morgan fingerprint density at radius 1 is 1.26 bits per heavy atom. The van der Waals surface area contributed by atoms with Crippen LogP contribution < -0.4 is 4.72 Å². The van der Waals surface area contributed by atoms with Crippen molar-refractivity contribution in [2.45, 2.75) is 11.8 Å². The lowest BCUT2D eigenvalue weighted by molar-refractivity contribution is 0.594. The van der Waals surface area contributed by atoms with Crippen LogP contribution in [0.25, 0.3) is 0 Å². The van der Waals surface area contributed by atoms with Crippen LogP contribution in [-0.2, 0) is 10.0 Å². The highest BCUT2D eigenvalue weighted by Gasteiger charge is 2.18. The van der Waals surface area contributed by atoms with E-state index >= 15 is 0 Å². The molecule has 0 saturated heterocycles. The van der Waals surface area contributed by atoms with Crippen molar-refractivity contribution in [2.24, 2.45) is 0 Å². The minimum Gasteiger partial charge on any atom is -0.262 e. The number of anilines is 1. The Morgan fingerprint density at radius 2 is 2.00 bits per heavy atom. The highest BCUT2D eigenvalue weighted by Crippen LogP contribution is 2.19. The smallest absolute Gasteiger partial charge is 0.262 e. The summed E-state index contributed by atoms with van der Waals surface area (Å²) in [6, 6.07) is 3.56. The van der Waals surface area contributed by atoms with E-state index in [9.17, 15) is 12.8 Å². The van der Waals surface area contributed by atoms with Gasteiger partial charge in [-0.05, 0) is 40.5 Å². The maximum absolute atomic E-state index is 13.1. The van der Waals surface area contributed by atoms with E-state index in [1.807, 2.05) is 0 Å². The molecular weight excluding hydrogens is 337 g/mol. The Bertz CT molecular complexity index is 704. The highest BCUT2D eigenvalue weighted by atomic mass is 79.9. The number of aryl methyl sites for hydroxylation is 1. The average molecular weight is 346 g/mol. The van der Waals surface area contributed by atoms with E-state index < -0.39 is 15.8 Å². The van der Waals surface area contributed by atoms with Gasteiger partial charge in [0.25, 0.3) is 10.0 Å². The summed E-state index contributed by atoms with van der Waals surface area (Å²) in [6.45, 7) is 1.58. The highest BCUT2D eigenvalue weighted by molar-refractivity contribution is 9.10. The SMILES string of the molecule is Cc1ccc(F)cc1S(=O)(=O)Nc1cnc(Br)cn1. The standard InChI is InChI=1S/C11H9BrFN3O2S/c1-7-2-3-8(13)4-9(7)19(17,18)16-11-6-14-10(12)5-15-11/h2-6H,1H3,(H,15,16). The number of nitrogens with zero attached hydrogens (tertiary/aromatic N) is 2.